The van der Waals surface area contributed by atoms with Crippen LogP contribution in [0.25, 0.3) is 6.08 Å². The summed E-state index contributed by atoms with van der Waals surface area (Å²) in [6.07, 6.45) is 1.84. The van der Waals surface area contributed by atoms with Crippen LogP contribution in [0.3, 0.4) is 0 Å². The van der Waals surface area contributed by atoms with Crippen molar-refractivity contribution in [2.24, 2.45) is 0 Å². The molecule has 0 aromatic heterocycles. The largest absolute Gasteiger partial charge is 0.495 e. The Morgan fingerprint density at radius 2 is 1.88 bits per heavy atom. The number of amides is 1. The Balaban J connectivity index is 1.42. The Morgan fingerprint density at radius 3 is 2.61 bits per heavy atom. The molecule has 1 atom stereocenters. The zero-order chi connectivity index (χ0) is 23.4. The lowest BCUT2D eigenvalue weighted by Gasteiger charge is -2.16. The summed E-state index contributed by atoms with van der Waals surface area (Å²) in [4.78, 5) is 13.1. The van der Waals surface area contributed by atoms with Crippen molar-refractivity contribution in [1.82, 2.24) is 5.32 Å². The Hall–Kier alpha value is -2.97. The van der Waals surface area contributed by atoms with Gasteiger partial charge in [0.15, 0.2) is 5.50 Å². The fourth-order valence-corrected chi connectivity index (χ4v) is 4.74. The summed E-state index contributed by atoms with van der Waals surface area (Å²) in [6, 6.07) is 17.7. The molecule has 0 aliphatic carbocycles. The van der Waals surface area contributed by atoms with E-state index in [2.05, 4.69) is 26.6 Å². The number of methoxy groups -OCH3 is 1. The van der Waals surface area contributed by atoms with E-state index in [4.69, 9.17) is 9.47 Å². The van der Waals surface area contributed by atoms with E-state index in [1.165, 1.54) is 23.9 Å². The third-order valence-electron chi connectivity index (χ3n) is 4.93. The molecule has 2 N–H and O–H groups in total. The predicted molar refractivity (Wildman–Crippen MR) is 134 cm³/mol. The minimum Gasteiger partial charge on any atom is -0.495 e. The first-order valence-electron chi connectivity index (χ1n) is 10.2. The van der Waals surface area contributed by atoms with E-state index in [9.17, 15) is 9.18 Å². The summed E-state index contributed by atoms with van der Waals surface area (Å²) in [7, 11) is 1.62. The van der Waals surface area contributed by atoms with Crippen molar-refractivity contribution in [1.29, 1.82) is 0 Å². The van der Waals surface area contributed by atoms with Gasteiger partial charge in [-0.15, -0.1) is 0 Å². The molecule has 33 heavy (non-hydrogen) atoms. The summed E-state index contributed by atoms with van der Waals surface area (Å²) in [5.41, 5.74) is 3.35. The summed E-state index contributed by atoms with van der Waals surface area (Å²) in [5.74, 6) is 0.961. The molecule has 8 heteroatoms. The van der Waals surface area contributed by atoms with Crippen molar-refractivity contribution in [2.75, 3.05) is 12.4 Å². The maximum Gasteiger partial charge on any atom is 0.260 e. The van der Waals surface area contributed by atoms with E-state index in [0.29, 0.717) is 23.0 Å². The van der Waals surface area contributed by atoms with Crippen molar-refractivity contribution in [2.45, 2.75) is 19.0 Å². The number of hydrogen-bond donors (Lipinski definition) is 2. The van der Waals surface area contributed by atoms with E-state index in [-0.39, 0.29) is 17.2 Å². The lowest BCUT2D eigenvalue weighted by molar-refractivity contribution is -0.116. The number of benzene rings is 3. The topological polar surface area (TPSA) is 59.6 Å². The SMILES string of the molecule is COc1ccc(C)cc1NC1NC(=O)/C(=C/c2ccc(OCc3ccc(F)cc3)c(Br)c2)S1. The smallest absolute Gasteiger partial charge is 0.260 e. The van der Waals surface area contributed by atoms with E-state index in [1.807, 2.05) is 49.4 Å². The molecule has 1 amide bonds. The van der Waals surface area contributed by atoms with Crippen LogP contribution in [0.5, 0.6) is 11.5 Å². The molecule has 0 saturated carbocycles. The van der Waals surface area contributed by atoms with Crippen molar-refractivity contribution in [3.8, 4) is 11.5 Å². The van der Waals surface area contributed by atoms with Gasteiger partial charge in [0, 0.05) is 0 Å². The van der Waals surface area contributed by atoms with Crippen LogP contribution in [0.2, 0.25) is 0 Å². The molecule has 4 rings (SSSR count). The third-order valence-corrected chi connectivity index (χ3v) is 6.58. The molecule has 3 aromatic carbocycles. The number of halogens is 2. The normalized spacial score (nSPS) is 16.5. The summed E-state index contributed by atoms with van der Waals surface area (Å²) < 4.78 is 25.0. The molecule has 0 radical (unpaired) electrons. The first-order chi connectivity index (χ1) is 15.9. The van der Waals surface area contributed by atoms with Crippen LogP contribution >= 0.6 is 27.7 Å². The van der Waals surface area contributed by atoms with Gasteiger partial charge in [-0.1, -0.05) is 36.0 Å². The molecule has 1 saturated heterocycles. The highest BCUT2D eigenvalue weighted by Crippen LogP contribution is 2.34. The van der Waals surface area contributed by atoms with Gasteiger partial charge in [-0.2, -0.15) is 0 Å². The number of thioether (sulfide) groups is 1. The third kappa shape index (κ3) is 5.89. The van der Waals surface area contributed by atoms with Gasteiger partial charge in [0.25, 0.3) is 5.91 Å². The molecule has 1 aliphatic rings. The Bertz CT molecular complexity index is 1200. The van der Waals surface area contributed by atoms with Gasteiger partial charge in [0.1, 0.15) is 23.9 Å². The van der Waals surface area contributed by atoms with E-state index < -0.39 is 0 Å². The number of hydrogen-bond acceptors (Lipinski definition) is 5. The monoisotopic (exact) mass is 528 g/mol. The Morgan fingerprint density at radius 1 is 1.12 bits per heavy atom. The molecule has 1 unspecified atom stereocenters. The van der Waals surface area contributed by atoms with Crippen LogP contribution in [0.4, 0.5) is 10.1 Å². The van der Waals surface area contributed by atoms with Gasteiger partial charge >= 0.3 is 0 Å². The Labute approximate surface area is 204 Å². The van der Waals surface area contributed by atoms with Gasteiger partial charge in [0.2, 0.25) is 0 Å². The highest BCUT2D eigenvalue weighted by Gasteiger charge is 2.27. The van der Waals surface area contributed by atoms with E-state index in [0.717, 1.165) is 26.9 Å². The maximum atomic E-state index is 13.0. The van der Waals surface area contributed by atoms with Crippen molar-refractivity contribution in [3.05, 3.63) is 92.5 Å². The molecular weight excluding hydrogens is 507 g/mol. The highest BCUT2D eigenvalue weighted by atomic mass is 79.9. The Kier molecular flexibility index (Phi) is 7.25. The second kappa shape index (κ2) is 10.3. The van der Waals surface area contributed by atoms with Gasteiger partial charge in [-0.25, -0.2) is 4.39 Å². The second-order valence-corrected chi connectivity index (χ2v) is 9.43. The quantitative estimate of drug-likeness (QED) is 0.363. The fourth-order valence-electron chi connectivity index (χ4n) is 3.26. The zero-order valence-corrected chi connectivity index (χ0v) is 20.4. The summed E-state index contributed by atoms with van der Waals surface area (Å²) in [6.45, 7) is 2.33. The highest BCUT2D eigenvalue weighted by molar-refractivity contribution is 9.10. The number of rotatable bonds is 7. The van der Waals surface area contributed by atoms with Gasteiger partial charge in [0.05, 0.1) is 22.2 Å². The van der Waals surface area contributed by atoms with Gasteiger partial charge in [-0.05, 0) is 82.0 Å². The standard InChI is InChI=1S/C25H22BrFN2O3S/c1-15-3-9-22(31-2)20(11-15)28-25-29-24(30)23(33-25)13-17-6-10-21(19(26)12-17)32-14-16-4-7-18(27)8-5-16/h3-13,25,28H,14H2,1-2H3,(H,29,30)/b23-13-. The van der Waals surface area contributed by atoms with E-state index in [1.54, 1.807) is 19.2 Å². The summed E-state index contributed by atoms with van der Waals surface area (Å²) in [5, 5.41) is 6.25. The molecule has 1 fully saturated rings. The molecule has 1 aliphatic heterocycles. The zero-order valence-electron chi connectivity index (χ0n) is 18.0. The van der Waals surface area contributed by atoms with Crippen LogP contribution < -0.4 is 20.1 Å². The molecule has 170 valence electrons. The molecule has 0 spiro atoms. The number of ether oxygens (including phenoxy) is 2. The number of carbonyl (C=O) groups is 1. The van der Waals surface area contributed by atoms with Crippen LogP contribution in [-0.4, -0.2) is 18.5 Å². The van der Waals surface area contributed by atoms with E-state index >= 15 is 0 Å². The number of anilines is 1. The minimum absolute atomic E-state index is 0.142. The van der Waals surface area contributed by atoms with Crippen molar-refractivity contribution in [3.63, 3.8) is 0 Å². The minimum atomic E-state index is -0.304. The van der Waals surface area contributed by atoms with Crippen LogP contribution in [0, 0.1) is 12.7 Å². The number of aryl methyl sites for hydroxylation is 1. The molecule has 1 heterocycles. The fraction of sp³-hybridized carbons (Fsp3) is 0.160. The maximum absolute atomic E-state index is 13.0. The lowest BCUT2D eigenvalue weighted by atomic mass is 10.2. The van der Waals surface area contributed by atoms with Crippen LogP contribution in [0.15, 0.2) is 70.0 Å². The second-order valence-electron chi connectivity index (χ2n) is 7.43. The van der Waals surface area contributed by atoms with Gasteiger partial charge < -0.3 is 20.1 Å². The van der Waals surface area contributed by atoms with Crippen molar-refractivity contribution >= 4 is 45.4 Å². The molecule has 0 bridgehead atoms. The van der Waals surface area contributed by atoms with Gasteiger partial charge in [-0.3, -0.25) is 4.79 Å². The average Bonchev–Trinajstić information content (AvgIpc) is 3.13. The predicted octanol–water partition coefficient (Wildman–Crippen LogP) is 6.08. The number of carbonyl (C=O) groups excluding carboxylic acids is 1. The van der Waals surface area contributed by atoms with Crippen molar-refractivity contribution < 1.29 is 18.7 Å². The van der Waals surface area contributed by atoms with Crippen LogP contribution in [0.1, 0.15) is 16.7 Å². The average molecular weight is 529 g/mol. The molecule has 5 nitrogen and oxygen atoms in total. The lowest BCUT2D eigenvalue weighted by Crippen LogP contribution is -2.31. The van der Waals surface area contributed by atoms with Crippen LogP contribution in [-0.2, 0) is 11.4 Å². The first kappa shape index (κ1) is 23.2. The molecule has 3 aromatic rings. The summed E-state index contributed by atoms with van der Waals surface area (Å²) >= 11 is 4.94. The first-order valence-corrected chi connectivity index (χ1v) is 11.9. The number of nitrogens with one attached hydrogen (secondary N) is 2. The molecular formula is C25H22BrFN2O3S.